The number of carbonyl (C=O) groups is 1. The lowest BCUT2D eigenvalue weighted by molar-refractivity contribution is -0.142. The Bertz CT molecular complexity index is 370. The molecule has 3 nitrogen and oxygen atoms in total. The minimum Gasteiger partial charge on any atom is -0.469 e. The van der Waals surface area contributed by atoms with Crippen molar-refractivity contribution in [3.8, 4) is 0 Å². The van der Waals surface area contributed by atoms with Gasteiger partial charge in [-0.15, -0.1) is 0 Å². The molecule has 0 saturated carbocycles. The summed E-state index contributed by atoms with van der Waals surface area (Å²) in [5.41, 5.74) is 6.10. The van der Waals surface area contributed by atoms with Crippen LogP contribution in [0.15, 0.2) is 22.7 Å². The smallest absolute Gasteiger partial charge is 0.314 e. The van der Waals surface area contributed by atoms with E-state index < -0.39 is 11.9 Å². The van der Waals surface area contributed by atoms with Crippen molar-refractivity contribution in [1.82, 2.24) is 0 Å². The van der Waals surface area contributed by atoms with Crippen molar-refractivity contribution in [1.29, 1.82) is 0 Å². The SMILES string of the molecule is COC(=O)C(CN)c1ccc(F)cc1Br. The topological polar surface area (TPSA) is 52.3 Å². The van der Waals surface area contributed by atoms with Crippen molar-refractivity contribution in [2.75, 3.05) is 13.7 Å². The molecule has 2 N–H and O–H groups in total. The second kappa shape index (κ2) is 5.23. The zero-order chi connectivity index (χ0) is 11.4. The van der Waals surface area contributed by atoms with Gasteiger partial charge in [-0.2, -0.15) is 0 Å². The molecule has 1 aromatic rings. The van der Waals surface area contributed by atoms with Gasteiger partial charge in [0, 0.05) is 11.0 Å². The fourth-order valence-electron chi connectivity index (χ4n) is 1.28. The highest BCUT2D eigenvalue weighted by Gasteiger charge is 2.22. The lowest BCUT2D eigenvalue weighted by Crippen LogP contribution is -2.23. The largest absolute Gasteiger partial charge is 0.469 e. The Morgan fingerprint density at radius 2 is 2.33 bits per heavy atom. The summed E-state index contributed by atoms with van der Waals surface area (Å²) >= 11 is 3.18. The highest BCUT2D eigenvalue weighted by Crippen LogP contribution is 2.26. The van der Waals surface area contributed by atoms with Crippen LogP contribution in [0, 0.1) is 5.82 Å². The lowest BCUT2D eigenvalue weighted by Gasteiger charge is -2.14. The molecule has 0 spiro atoms. The summed E-state index contributed by atoms with van der Waals surface area (Å²) in [4.78, 5) is 11.4. The molecule has 0 aliphatic carbocycles. The van der Waals surface area contributed by atoms with E-state index in [9.17, 15) is 9.18 Å². The molecule has 1 unspecified atom stereocenters. The number of rotatable bonds is 3. The second-order valence-corrected chi connectivity index (χ2v) is 3.83. The third-order valence-corrected chi connectivity index (χ3v) is 2.75. The maximum atomic E-state index is 12.8. The first-order valence-electron chi connectivity index (χ1n) is 4.33. The average molecular weight is 276 g/mol. The number of carbonyl (C=O) groups excluding carboxylic acids is 1. The van der Waals surface area contributed by atoms with Crippen molar-refractivity contribution in [3.05, 3.63) is 34.1 Å². The number of methoxy groups -OCH3 is 1. The quantitative estimate of drug-likeness (QED) is 0.856. The van der Waals surface area contributed by atoms with Crippen molar-refractivity contribution in [2.24, 2.45) is 5.73 Å². The molecule has 5 heteroatoms. The molecular weight excluding hydrogens is 265 g/mol. The summed E-state index contributed by atoms with van der Waals surface area (Å²) < 4.78 is 17.9. The Balaban J connectivity index is 3.07. The van der Waals surface area contributed by atoms with Crippen LogP contribution in [0.5, 0.6) is 0 Å². The average Bonchev–Trinajstić information content (AvgIpc) is 2.21. The van der Waals surface area contributed by atoms with Gasteiger partial charge in [0.25, 0.3) is 0 Å². The maximum absolute atomic E-state index is 12.8. The van der Waals surface area contributed by atoms with E-state index in [4.69, 9.17) is 5.73 Å². The molecule has 1 aromatic carbocycles. The number of nitrogens with two attached hydrogens (primary N) is 1. The van der Waals surface area contributed by atoms with Gasteiger partial charge in [-0.3, -0.25) is 4.79 Å². The van der Waals surface area contributed by atoms with Crippen LogP contribution in [0.2, 0.25) is 0 Å². The molecule has 15 heavy (non-hydrogen) atoms. The van der Waals surface area contributed by atoms with E-state index in [-0.39, 0.29) is 12.4 Å². The molecular formula is C10H11BrFNO2. The van der Waals surface area contributed by atoms with Crippen molar-refractivity contribution in [2.45, 2.75) is 5.92 Å². The molecule has 0 aliphatic rings. The van der Waals surface area contributed by atoms with Crippen LogP contribution in [0.3, 0.4) is 0 Å². The van der Waals surface area contributed by atoms with E-state index >= 15 is 0 Å². The third kappa shape index (κ3) is 2.76. The molecule has 0 amide bonds. The Morgan fingerprint density at radius 1 is 1.67 bits per heavy atom. The summed E-state index contributed by atoms with van der Waals surface area (Å²) in [5.74, 6) is -1.36. The monoisotopic (exact) mass is 275 g/mol. The van der Waals surface area contributed by atoms with Crippen LogP contribution < -0.4 is 5.73 Å². The summed E-state index contributed by atoms with van der Waals surface area (Å²) in [6.07, 6.45) is 0. The summed E-state index contributed by atoms with van der Waals surface area (Å²) in [7, 11) is 1.29. The zero-order valence-electron chi connectivity index (χ0n) is 8.17. The highest BCUT2D eigenvalue weighted by atomic mass is 79.9. The van der Waals surface area contributed by atoms with Crippen LogP contribution in [-0.4, -0.2) is 19.6 Å². The molecule has 0 radical (unpaired) electrons. The molecule has 0 heterocycles. The molecule has 0 fully saturated rings. The molecule has 1 rings (SSSR count). The molecule has 1 atom stereocenters. The number of esters is 1. The zero-order valence-corrected chi connectivity index (χ0v) is 9.75. The van der Waals surface area contributed by atoms with Gasteiger partial charge in [-0.25, -0.2) is 4.39 Å². The number of benzene rings is 1. The van der Waals surface area contributed by atoms with Gasteiger partial charge in [0.1, 0.15) is 5.82 Å². The molecule has 0 saturated heterocycles. The summed E-state index contributed by atoms with van der Waals surface area (Å²) in [6.45, 7) is 0.122. The molecule has 0 bridgehead atoms. The fraction of sp³-hybridized carbons (Fsp3) is 0.300. The molecule has 0 aromatic heterocycles. The van der Waals surface area contributed by atoms with Crippen LogP contribution in [0.1, 0.15) is 11.5 Å². The van der Waals surface area contributed by atoms with Crippen LogP contribution in [0.4, 0.5) is 4.39 Å². The van der Waals surface area contributed by atoms with Gasteiger partial charge < -0.3 is 10.5 Å². The van der Waals surface area contributed by atoms with E-state index in [0.29, 0.717) is 10.0 Å². The number of hydrogen-bond donors (Lipinski definition) is 1. The van der Waals surface area contributed by atoms with Crippen LogP contribution in [0.25, 0.3) is 0 Å². The normalized spacial score (nSPS) is 12.3. The van der Waals surface area contributed by atoms with Gasteiger partial charge in [0.15, 0.2) is 0 Å². The molecule has 0 aliphatic heterocycles. The fourth-order valence-corrected chi connectivity index (χ4v) is 1.90. The Kier molecular flexibility index (Phi) is 4.23. The molecule has 82 valence electrons. The third-order valence-electron chi connectivity index (χ3n) is 2.06. The highest BCUT2D eigenvalue weighted by molar-refractivity contribution is 9.10. The van der Waals surface area contributed by atoms with E-state index in [1.165, 1.54) is 25.3 Å². The van der Waals surface area contributed by atoms with Crippen molar-refractivity contribution < 1.29 is 13.9 Å². The minimum absolute atomic E-state index is 0.122. The van der Waals surface area contributed by atoms with E-state index in [1.807, 2.05) is 0 Å². The van der Waals surface area contributed by atoms with Gasteiger partial charge >= 0.3 is 5.97 Å². The first kappa shape index (κ1) is 12.1. The Hall–Kier alpha value is -0.940. The number of hydrogen-bond acceptors (Lipinski definition) is 3. The van der Waals surface area contributed by atoms with Gasteiger partial charge in [-0.1, -0.05) is 22.0 Å². The minimum atomic E-state index is -0.565. The van der Waals surface area contributed by atoms with E-state index in [0.717, 1.165) is 0 Å². The van der Waals surface area contributed by atoms with E-state index in [2.05, 4.69) is 20.7 Å². The first-order valence-corrected chi connectivity index (χ1v) is 5.12. The second-order valence-electron chi connectivity index (χ2n) is 2.98. The van der Waals surface area contributed by atoms with Crippen LogP contribution >= 0.6 is 15.9 Å². The predicted octanol–water partition coefficient (Wildman–Crippen LogP) is 1.80. The standard InChI is InChI=1S/C10H11BrFNO2/c1-15-10(14)8(5-13)7-3-2-6(12)4-9(7)11/h2-4,8H,5,13H2,1H3. The first-order chi connectivity index (χ1) is 7.10. The van der Waals surface area contributed by atoms with E-state index in [1.54, 1.807) is 0 Å². The van der Waals surface area contributed by atoms with Gasteiger partial charge in [-0.05, 0) is 17.7 Å². The number of ether oxygens (including phenoxy) is 1. The van der Waals surface area contributed by atoms with Crippen LogP contribution in [-0.2, 0) is 9.53 Å². The summed E-state index contributed by atoms with van der Waals surface area (Å²) in [5, 5.41) is 0. The number of halogens is 2. The predicted molar refractivity (Wildman–Crippen MR) is 57.9 cm³/mol. The van der Waals surface area contributed by atoms with Crippen molar-refractivity contribution >= 4 is 21.9 Å². The lowest BCUT2D eigenvalue weighted by atomic mass is 9.99. The maximum Gasteiger partial charge on any atom is 0.314 e. The Labute approximate surface area is 95.5 Å². The van der Waals surface area contributed by atoms with Gasteiger partial charge in [0.2, 0.25) is 0 Å². The van der Waals surface area contributed by atoms with Gasteiger partial charge in [0.05, 0.1) is 13.0 Å². The Morgan fingerprint density at radius 3 is 2.80 bits per heavy atom. The van der Waals surface area contributed by atoms with Crippen molar-refractivity contribution in [3.63, 3.8) is 0 Å². The summed E-state index contributed by atoms with van der Waals surface area (Å²) in [6, 6.07) is 4.10.